The topological polar surface area (TPSA) is 79.5 Å². The van der Waals surface area contributed by atoms with Crippen LogP contribution in [0.15, 0.2) is 78.9 Å². The van der Waals surface area contributed by atoms with Gasteiger partial charge in [0.05, 0.1) is 13.2 Å². The fourth-order valence-electron chi connectivity index (χ4n) is 3.10. The third-order valence-electron chi connectivity index (χ3n) is 4.67. The minimum Gasteiger partial charge on any atom is -0.494 e. The SMILES string of the molecule is CCCOc1cccc(NCC(=O)Nc2cccc(NC(=O)CCc3ccccc3)c2)c1. The van der Waals surface area contributed by atoms with Crippen molar-refractivity contribution in [1.82, 2.24) is 0 Å². The van der Waals surface area contributed by atoms with Gasteiger partial charge in [-0.05, 0) is 48.7 Å². The first-order valence-corrected chi connectivity index (χ1v) is 10.8. The van der Waals surface area contributed by atoms with E-state index >= 15 is 0 Å². The van der Waals surface area contributed by atoms with Crippen molar-refractivity contribution < 1.29 is 14.3 Å². The van der Waals surface area contributed by atoms with Crippen LogP contribution in [0.1, 0.15) is 25.3 Å². The highest BCUT2D eigenvalue weighted by molar-refractivity contribution is 5.95. The Labute approximate surface area is 189 Å². The lowest BCUT2D eigenvalue weighted by molar-refractivity contribution is -0.116. The van der Waals surface area contributed by atoms with E-state index < -0.39 is 0 Å². The van der Waals surface area contributed by atoms with Crippen molar-refractivity contribution in [2.75, 3.05) is 29.1 Å². The zero-order valence-electron chi connectivity index (χ0n) is 18.3. The van der Waals surface area contributed by atoms with Gasteiger partial charge in [0.2, 0.25) is 11.8 Å². The molecule has 32 heavy (non-hydrogen) atoms. The minimum absolute atomic E-state index is 0.0656. The Balaban J connectivity index is 1.46. The lowest BCUT2D eigenvalue weighted by Gasteiger charge is -2.11. The Bertz CT molecular complexity index is 1020. The number of amides is 2. The molecule has 0 spiro atoms. The highest BCUT2D eigenvalue weighted by Gasteiger charge is 2.07. The van der Waals surface area contributed by atoms with E-state index in [2.05, 4.69) is 22.9 Å². The Morgan fingerprint density at radius 1 is 0.781 bits per heavy atom. The van der Waals surface area contributed by atoms with Crippen molar-refractivity contribution in [1.29, 1.82) is 0 Å². The van der Waals surface area contributed by atoms with Gasteiger partial charge in [0, 0.05) is 29.5 Å². The van der Waals surface area contributed by atoms with Crippen LogP contribution in [0.25, 0.3) is 0 Å². The van der Waals surface area contributed by atoms with E-state index in [1.54, 1.807) is 24.3 Å². The summed E-state index contributed by atoms with van der Waals surface area (Å²) in [5, 5.41) is 8.83. The molecule has 0 aliphatic heterocycles. The molecule has 2 amide bonds. The second-order valence-electron chi connectivity index (χ2n) is 7.39. The minimum atomic E-state index is -0.183. The van der Waals surface area contributed by atoms with Gasteiger partial charge < -0.3 is 20.7 Å². The van der Waals surface area contributed by atoms with Gasteiger partial charge in [-0.3, -0.25) is 9.59 Å². The number of hydrogen-bond donors (Lipinski definition) is 3. The number of carbonyl (C=O) groups is 2. The van der Waals surface area contributed by atoms with Crippen LogP contribution in [0.3, 0.4) is 0 Å². The number of anilines is 3. The molecule has 166 valence electrons. The maximum absolute atomic E-state index is 12.3. The summed E-state index contributed by atoms with van der Waals surface area (Å²) in [7, 11) is 0. The van der Waals surface area contributed by atoms with Gasteiger partial charge in [0.15, 0.2) is 0 Å². The number of ether oxygens (including phenoxy) is 1. The molecule has 0 heterocycles. The third kappa shape index (κ3) is 7.80. The number of benzene rings is 3. The van der Waals surface area contributed by atoms with Crippen LogP contribution < -0.4 is 20.7 Å². The standard InChI is InChI=1S/C26H29N3O3/c1-2-16-32-24-13-7-10-21(18-24)27-19-26(31)29-23-12-6-11-22(17-23)28-25(30)15-14-20-8-4-3-5-9-20/h3-13,17-18,27H,2,14-16,19H2,1H3,(H,28,30)(H,29,31). The van der Waals surface area contributed by atoms with Gasteiger partial charge in [0.25, 0.3) is 0 Å². The van der Waals surface area contributed by atoms with Gasteiger partial charge in [0.1, 0.15) is 5.75 Å². The van der Waals surface area contributed by atoms with Crippen molar-refractivity contribution in [2.24, 2.45) is 0 Å². The molecule has 0 aliphatic carbocycles. The van der Waals surface area contributed by atoms with Crippen LogP contribution in [-0.2, 0) is 16.0 Å². The molecule has 0 radical (unpaired) electrons. The number of aryl methyl sites for hydroxylation is 1. The predicted molar refractivity (Wildman–Crippen MR) is 129 cm³/mol. The van der Waals surface area contributed by atoms with Crippen molar-refractivity contribution in [3.8, 4) is 5.75 Å². The number of carbonyl (C=O) groups excluding carboxylic acids is 2. The largest absolute Gasteiger partial charge is 0.494 e. The first-order chi connectivity index (χ1) is 15.6. The maximum atomic E-state index is 12.3. The fraction of sp³-hybridized carbons (Fsp3) is 0.231. The summed E-state index contributed by atoms with van der Waals surface area (Å²) in [5.41, 5.74) is 3.21. The molecule has 3 aromatic carbocycles. The van der Waals surface area contributed by atoms with Gasteiger partial charge in [-0.2, -0.15) is 0 Å². The number of rotatable bonds is 11. The first kappa shape index (κ1) is 22.9. The van der Waals surface area contributed by atoms with Crippen LogP contribution in [0.5, 0.6) is 5.75 Å². The first-order valence-electron chi connectivity index (χ1n) is 10.8. The molecule has 0 bridgehead atoms. The second-order valence-corrected chi connectivity index (χ2v) is 7.39. The molecule has 6 heteroatoms. The molecule has 0 saturated heterocycles. The van der Waals surface area contributed by atoms with E-state index in [-0.39, 0.29) is 18.4 Å². The Kier molecular flexibility index (Phi) is 8.69. The zero-order valence-corrected chi connectivity index (χ0v) is 18.3. The van der Waals surface area contributed by atoms with Gasteiger partial charge in [-0.1, -0.05) is 49.4 Å². The average molecular weight is 432 g/mol. The predicted octanol–water partition coefficient (Wildman–Crippen LogP) is 5.10. The van der Waals surface area contributed by atoms with Crippen molar-refractivity contribution in [3.63, 3.8) is 0 Å². The van der Waals surface area contributed by atoms with Crippen LogP contribution >= 0.6 is 0 Å². The lowest BCUT2D eigenvalue weighted by atomic mass is 10.1. The Morgan fingerprint density at radius 3 is 2.22 bits per heavy atom. The van der Waals surface area contributed by atoms with E-state index in [0.717, 1.165) is 23.4 Å². The van der Waals surface area contributed by atoms with Gasteiger partial charge in [-0.25, -0.2) is 0 Å². The van der Waals surface area contributed by atoms with E-state index in [9.17, 15) is 9.59 Å². The molecule has 6 nitrogen and oxygen atoms in total. The molecular weight excluding hydrogens is 402 g/mol. The highest BCUT2D eigenvalue weighted by Crippen LogP contribution is 2.18. The molecule has 3 aromatic rings. The maximum Gasteiger partial charge on any atom is 0.243 e. The summed E-state index contributed by atoms with van der Waals surface area (Å²) in [5.74, 6) is 0.523. The summed E-state index contributed by atoms with van der Waals surface area (Å²) in [6.07, 6.45) is 2.01. The van der Waals surface area contributed by atoms with E-state index in [0.29, 0.717) is 30.8 Å². The third-order valence-corrected chi connectivity index (χ3v) is 4.67. The summed E-state index contributed by atoms with van der Waals surface area (Å²) in [4.78, 5) is 24.6. The molecule has 0 aliphatic rings. The summed E-state index contributed by atoms with van der Waals surface area (Å²) >= 11 is 0. The average Bonchev–Trinajstić information content (AvgIpc) is 2.81. The van der Waals surface area contributed by atoms with E-state index in [1.807, 2.05) is 54.6 Å². The quantitative estimate of drug-likeness (QED) is 0.395. The van der Waals surface area contributed by atoms with Crippen molar-refractivity contribution >= 4 is 28.9 Å². The smallest absolute Gasteiger partial charge is 0.243 e. The van der Waals surface area contributed by atoms with Gasteiger partial charge in [-0.15, -0.1) is 0 Å². The molecule has 0 aromatic heterocycles. The lowest BCUT2D eigenvalue weighted by Crippen LogP contribution is -2.22. The van der Waals surface area contributed by atoms with Crippen LogP contribution in [0, 0.1) is 0 Å². The summed E-state index contributed by atoms with van der Waals surface area (Å²) in [6, 6.07) is 24.6. The zero-order chi connectivity index (χ0) is 22.6. The monoisotopic (exact) mass is 431 g/mol. The molecular formula is C26H29N3O3. The second kappa shape index (κ2) is 12.2. The molecule has 0 saturated carbocycles. The normalized spacial score (nSPS) is 10.3. The fourth-order valence-corrected chi connectivity index (χ4v) is 3.10. The molecule has 0 fully saturated rings. The summed E-state index contributed by atoms with van der Waals surface area (Å²) in [6.45, 7) is 2.82. The van der Waals surface area contributed by atoms with Crippen molar-refractivity contribution in [2.45, 2.75) is 26.2 Å². The highest BCUT2D eigenvalue weighted by atomic mass is 16.5. The Hall–Kier alpha value is -3.80. The molecule has 3 rings (SSSR count). The number of nitrogens with one attached hydrogen (secondary N) is 3. The molecule has 3 N–H and O–H groups in total. The van der Waals surface area contributed by atoms with E-state index in [1.165, 1.54) is 0 Å². The number of hydrogen-bond acceptors (Lipinski definition) is 4. The van der Waals surface area contributed by atoms with Crippen LogP contribution in [0.2, 0.25) is 0 Å². The van der Waals surface area contributed by atoms with Gasteiger partial charge >= 0.3 is 0 Å². The van der Waals surface area contributed by atoms with Crippen molar-refractivity contribution in [3.05, 3.63) is 84.4 Å². The molecule has 0 atom stereocenters. The Morgan fingerprint density at radius 2 is 1.47 bits per heavy atom. The molecule has 0 unspecified atom stereocenters. The summed E-state index contributed by atoms with van der Waals surface area (Å²) < 4.78 is 5.61. The van der Waals surface area contributed by atoms with Crippen LogP contribution in [-0.4, -0.2) is 25.0 Å². The van der Waals surface area contributed by atoms with E-state index in [4.69, 9.17) is 4.74 Å². The van der Waals surface area contributed by atoms with Crippen LogP contribution in [0.4, 0.5) is 17.1 Å².